The van der Waals surface area contributed by atoms with E-state index in [1.807, 2.05) is 84.6 Å². The number of carbonyl (C=O) groups is 1. The van der Waals surface area contributed by atoms with Gasteiger partial charge in [-0.1, -0.05) is 83.3 Å². The maximum atomic E-state index is 12.4. The summed E-state index contributed by atoms with van der Waals surface area (Å²) >= 11 is 2.15. The molecule has 2 rings (SSSR count). The molecule has 25 heavy (non-hydrogen) atoms. The van der Waals surface area contributed by atoms with E-state index >= 15 is 0 Å². The van der Waals surface area contributed by atoms with E-state index in [1.165, 1.54) is 0 Å². The fraction of sp³-hybridized carbons (Fsp3) is 0.350. The molecule has 0 N–H and O–H groups in total. The maximum Gasteiger partial charge on any atom is 0.410 e. The van der Waals surface area contributed by atoms with Crippen LogP contribution in [0.15, 0.2) is 60.7 Å². The molecular weight excluding hydrogens is 427 g/mol. The molecule has 0 aromatic heterocycles. The highest BCUT2D eigenvalue weighted by Crippen LogP contribution is 2.11. The van der Waals surface area contributed by atoms with Crippen LogP contribution in [0.3, 0.4) is 0 Å². The highest BCUT2D eigenvalue weighted by atomic mass is 127. The first-order valence-corrected chi connectivity index (χ1v) is 10.3. The molecule has 0 unspecified atom stereocenters. The number of alkyl halides is 1. The first-order chi connectivity index (χ1) is 12.1. The van der Waals surface area contributed by atoms with Crippen molar-refractivity contribution in [3.63, 3.8) is 0 Å². The summed E-state index contributed by atoms with van der Waals surface area (Å²) in [6.45, 7) is 2.19. The number of rotatable bonds is 7. The lowest BCUT2D eigenvalue weighted by Crippen LogP contribution is -2.32. The third kappa shape index (κ3) is 8.88. The van der Waals surface area contributed by atoms with E-state index in [4.69, 9.17) is 4.74 Å². The lowest BCUT2D eigenvalue weighted by molar-refractivity contribution is 0.0911. The molecule has 0 saturated carbocycles. The molecule has 0 fully saturated rings. The molecule has 5 heteroatoms. The standard InChI is InChI=1S/C19H24N2O2.CH3I/c1-20(2)13-14-23-19(22)21(15-17-9-5-3-6-10-17)16-18-11-7-4-8-12-18;1-2/h3-12H,13-16H2,1-2H3;1H3. The van der Waals surface area contributed by atoms with E-state index in [0.29, 0.717) is 19.7 Å². The third-order valence-corrected chi connectivity index (χ3v) is 3.45. The minimum Gasteiger partial charge on any atom is -0.448 e. The van der Waals surface area contributed by atoms with Crippen molar-refractivity contribution in [3.8, 4) is 0 Å². The summed E-state index contributed by atoms with van der Waals surface area (Å²) in [4.78, 5) is 18.1. The predicted molar refractivity (Wildman–Crippen MR) is 112 cm³/mol. The van der Waals surface area contributed by atoms with Crippen LogP contribution in [-0.4, -0.2) is 48.1 Å². The Morgan fingerprint density at radius 2 is 1.32 bits per heavy atom. The highest BCUT2D eigenvalue weighted by Gasteiger charge is 2.16. The molecule has 0 heterocycles. The average Bonchev–Trinajstić information content (AvgIpc) is 2.64. The van der Waals surface area contributed by atoms with Crippen LogP contribution < -0.4 is 0 Å². The van der Waals surface area contributed by atoms with Crippen molar-refractivity contribution in [2.24, 2.45) is 0 Å². The second-order valence-corrected chi connectivity index (χ2v) is 5.74. The number of benzene rings is 2. The summed E-state index contributed by atoms with van der Waals surface area (Å²) in [5.74, 6) is 0. The van der Waals surface area contributed by atoms with E-state index < -0.39 is 0 Å². The summed E-state index contributed by atoms with van der Waals surface area (Å²) in [6, 6.07) is 19.9. The van der Waals surface area contributed by atoms with Gasteiger partial charge in [0, 0.05) is 19.6 Å². The molecule has 0 aliphatic rings. The van der Waals surface area contributed by atoms with Gasteiger partial charge in [-0.05, 0) is 30.2 Å². The van der Waals surface area contributed by atoms with Crippen molar-refractivity contribution >= 4 is 28.7 Å². The Labute approximate surface area is 164 Å². The molecule has 1 amide bonds. The Morgan fingerprint density at radius 3 is 1.72 bits per heavy atom. The first kappa shape index (κ1) is 21.4. The largest absolute Gasteiger partial charge is 0.448 e. The van der Waals surface area contributed by atoms with Gasteiger partial charge in [0.15, 0.2) is 0 Å². The fourth-order valence-electron chi connectivity index (χ4n) is 2.20. The molecule has 2 aromatic carbocycles. The molecule has 2 aromatic rings. The van der Waals surface area contributed by atoms with Crippen molar-refractivity contribution < 1.29 is 9.53 Å². The monoisotopic (exact) mass is 454 g/mol. The predicted octanol–water partition coefficient (Wildman–Crippen LogP) is 4.44. The molecule has 0 aliphatic heterocycles. The first-order valence-electron chi connectivity index (χ1n) is 8.17. The van der Waals surface area contributed by atoms with Crippen LogP contribution in [0.25, 0.3) is 0 Å². The summed E-state index contributed by atoms with van der Waals surface area (Å²) in [7, 11) is 3.92. The number of likely N-dealkylation sites (N-methyl/N-ethyl adjacent to an activating group) is 1. The number of nitrogens with zero attached hydrogens (tertiary/aromatic N) is 2. The maximum absolute atomic E-state index is 12.4. The van der Waals surface area contributed by atoms with Crippen LogP contribution in [0.5, 0.6) is 0 Å². The topological polar surface area (TPSA) is 32.8 Å². The third-order valence-electron chi connectivity index (χ3n) is 3.45. The summed E-state index contributed by atoms with van der Waals surface area (Å²) < 4.78 is 5.40. The highest BCUT2D eigenvalue weighted by molar-refractivity contribution is 14.1. The van der Waals surface area contributed by atoms with Crippen LogP contribution in [0.4, 0.5) is 4.79 Å². The van der Waals surface area contributed by atoms with E-state index in [0.717, 1.165) is 17.7 Å². The van der Waals surface area contributed by atoms with Crippen molar-refractivity contribution in [2.45, 2.75) is 13.1 Å². The van der Waals surface area contributed by atoms with Gasteiger partial charge in [-0.25, -0.2) is 4.79 Å². The molecule has 0 aliphatic carbocycles. The van der Waals surface area contributed by atoms with Crippen LogP contribution in [0.1, 0.15) is 11.1 Å². The Kier molecular flexibility index (Phi) is 10.9. The van der Waals surface area contributed by atoms with E-state index in [1.54, 1.807) is 4.90 Å². The van der Waals surface area contributed by atoms with E-state index in [-0.39, 0.29) is 6.09 Å². The molecule has 0 atom stereocenters. The number of amides is 1. The van der Waals surface area contributed by atoms with E-state index in [2.05, 4.69) is 22.6 Å². The number of ether oxygens (including phenoxy) is 1. The van der Waals surface area contributed by atoms with Crippen LogP contribution in [-0.2, 0) is 17.8 Å². The molecule has 0 spiro atoms. The van der Waals surface area contributed by atoms with Gasteiger partial charge in [0.1, 0.15) is 6.61 Å². The smallest absolute Gasteiger partial charge is 0.410 e. The number of hydrogen-bond donors (Lipinski definition) is 0. The Balaban J connectivity index is 0.00000151. The van der Waals surface area contributed by atoms with Gasteiger partial charge in [-0.15, -0.1) is 0 Å². The van der Waals surface area contributed by atoms with Crippen LogP contribution in [0, 0.1) is 0 Å². The van der Waals surface area contributed by atoms with Gasteiger partial charge in [0.05, 0.1) is 0 Å². The normalized spacial score (nSPS) is 9.96. The zero-order valence-corrected chi connectivity index (χ0v) is 17.3. The summed E-state index contributed by atoms with van der Waals surface area (Å²) in [6.07, 6.45) is -0.278. The summed E-state index contributed by atoms with van der Waals surface area (Å²) in [5.41, 5.74) is 2.18. The van der Waals surface area contributed by atoms with E-state index in [9.17, 15) is 4.79 Å². The number of hydrogen-bond acceptors (Lipinski definition) is 3. The van der Waals surface area contributed by atoms with Gasteiger partial charge in [-0.2, -0.15) is 0 Å². The Bertz CT molecular complexity index is 550. The Hall–Kier alpha value is -1.60. The van der Waals surface area contributed by atoms with Crippen molar-refractivity contribution in [2.75, 3.05) is 32.2 Å². The zero-order valence-electron chi connectivity index (χ0n) is 15.2. The van der Waals surface area contributed by atoms with Crippen LogP contribution >= 0.6 is 22.6 Å². The Morgan fingerprint density at radius 1 is 0.880 bits per heavy atom. The fourth-order valence-corrected chi connectivity index (χ4v) is 2.20. The quantitative estimate of drug-likeness (QED) is 0.458. The average molecular weight is 454 g/mol. The van der Waals surface area contributed by atoms with Gasteiger partial charge in [0.25, 0.3) is 0 Å². The minimum absolute atomic E-state index is 0.278. The lowest BCUT2D eigenvalue weighted by atomic mass is 10.2. The molecular formula is C20H27IN2O2. The van der Waals surface area contributed by atoms with Gasteiger partial charge in [-0.3, -0.25) is 4.90 Å². The lowest BCUT2D eigenvalue weighted by Gasteiger charge is -2.23. The molecule has 0 radical (unpaired) electrons. The van der Waals surface area contributed by atoms with Gasteiger partial charge in [0.2, 0.25) is 0 Å². The van der Waals surface area contributed by atoms with Crippen molar-refractivity contribution in [1.29, 1.82) is 0 Å². The zero-order chi connectivity index (χ0) is 18.5. The van der Waals surface area contributed by atoms with Gasteiger partial charge >= 0.3 is 6.09 Å². The molecule has 0 bridgehead atoms. The second kappa shape index (κ2) is 12.7. The van der Waals surface area contributed by atoms with Crippen LogP contribution in [0.2, 0.25) is 0 Å². The summed E-state index contributed by atoms with van der Waals surface area (Å²) in [5, 5.41) is 0. The SMILES string of the molecule is CI.CN(C)CCOC(=O)N(Cc1ccccc1)Cc1ccccc1. The number of carbonyl (C=O) groups excluding carboxylic acids is 1. The minimum atomic E-state index is -0.278. The number of halogens is 1. The molecule has 4 nitrogen and oxygen atoms in total. The molecule has 136 valence electrons. The van der Waals surface area contributed by atoms with Gasteiger partial charge < -0.3 is 9.64 Å². The van der Waals surface area contributed by atoms with Crippen molar-refractivity contribution in [1.82, 2.24) is 9.80 Å². The molecule has 0 saturated heterocycles. The van der Waals surface area contributed by atoms with Crippen molar-refractivity contribution in [3.05, 3.63) is 71.8 Å². The second-order valence-electron chi connectivity index (χ2n) is 5.74.